The Morgan fingerprint density at radius 1 is 1.70 bits per heavy atom. The molecular weight excluding hydrogens is 151 g/mol. The Kier molecular flexibility index (Phi) is 2.27. The van der Waals surface area contributed by atoms with Crippen molar-refractivity contribution in [3.8, 4) is 0 Å². The summed E-state index contributed by atoms with van der Waals surface area (Å²) in [6.45, 7) is 0. The number of halogens is 2. The van der Waals surface area contributed by atoms with E-state index in [0.717, 1.165) is 11.9 Å². The van der Waals surface area contributed by atoms with Gasteiger partial charge in [-0.1, -0.05) is 17.9 Å². The van der Waals surface area contributed by atoms with Gasteiger partial charge < -0.3 is 0 Å². The molecule has 0 atom stereocenters. The van der Waals surface area contributed by atoms with Gasteiger partial charge in [-0.3, -0.25) is 0 Å². The molecule has 10 heavy (non-hydrogen) atoms. The van der Waals surface area contributed by atoms with Gasteiger partial charge in [0.1, 0.15) is 7.85 Å². The zero-order chi connectivity index (χ0) is 7.56. The molecule has 0 fully saturated rings. The van der Waals surface area contributed by atoms with Crippen LogP contribution in [0.5, 0.6) is 0 Å². The third-order valence-electron chi connectivity index (χ3n) is 1.26. The van der Waals surface area contributed by atoms with E-state index < -0.39 is 5.82 Å². The summed E-state index contributed by atoms with van der Waals surface area (Å²) in [4.78, 5) is 3.64. The number of aromatic nitrogens is 1. The van der Waals surface area contributed by atoms with Crippen LogP contribution in [0, 0.1) is 5.82 Å². The van der Waals surface area contributed by atoms with E-state index in [9.17, 15) is 4.39 Å². The first-order valence-corrected chi connectivity index (χ1v) is 3.41. The maximum Gasteiger partial charge on any atom is 0.164 e. The minimum Gasteiger partial charge on any atom is -0.241 e. The Hall–Kier alpha value is -0.565. The molecule has 1 heterocycles. The molecular formula is C6H6BClFN. The van der Waals surface area contributed by atoms with Gasteiger partial charge in [0.15, 0.2) is 11.0 Å². The molecule has 0 bridgehead atoms. The molecule has 0 aliphatic heterocycles. The van der Waals surface area contributed by atoms with Gasteiger partial charge >= 0.3 is 0 Å². The van der Waals surface area contributed by atoms with Crippen molar-refractivity contribution in [2.45, 2.75) is 6.32 Å². The van der Waals surface area contributed by atoms with Gasteiger partial charge in [0, 0.05) is 6.20 Å². The molecule has 0 aliphatic rings. The van der Waals surface area contributed by atoms with Gasteiger partial charge in [-0.05, 0) is 11.6 Å². The second kappa shape index (κ2) is 3.02. The predicted octanol–water partition coefficient (Wildman–Crippen LogP) is 1.01. The molecule has 0 aliphatic carbocycles. The molecule has 0 saturated heterocycles. The Morgan fingerprint density at radius 3 is 2.90 bits per heavy atom. The van der Waals surface area contributed by atoms with E-state index in [0.29, 0.717) is 0 Å². The number of nitrogens with zero attached hydrogens (tertiary/aromatic N) is 1. The lowest BCUT2D eigenvalue weighted by Gasteiger charge is -1.95. The van der Waals surface area contributed by atoms with Crippen LogP contribution in [0.25, 0.3) is 0 Å². The minimum atomic E-state index is -0.444. The normalized spacial score (nSPS) is 9.80. The van der Waals surface area contributed by atoms with E-state index in [1.165, 1.54) is 6.07 Å². The summed E-state index contributed by atoms with van der Waals surface area (Å²) < 4.78 is 12.6. The van der Waals surface area contributed by atoms with Crippen LogP contribution in [0.2, 0.25) is 5.15 Å². The van der Waals surface area contributed by atoms with E-state index in [1.807, 2.05) is 7.85 Å². The quantitative estimate of drug-likeness (QED) is 0.438. The van der Waals surface area contributed by atoms with Crippen molar-refractivity contribution in [2.24, 2.45) is 0 Å². The third kappa shape index (κ3) is 1.48. The van der Waals surface area contributed by atoms with Crippen LogP contribution in [0.15, 0.2) is 12.3 Å². The third-order valence-corrected chi connectivity index (χ3v) is 1.54. The first-order valence-electron chi connectivity index (χ1n) is 3.04. The molecule has 52 valence electrons. The SMILES string of the molecule is BCc1cnc(Cl)c(F)c1. The maximum absolute atomic E-state index is 12.6. The van der Waals surface area contributed by atoms with E-state index >= 15 is 0 Å². The van der Waals surface area contributed by atoms with E-state index in [2.05, 4.69) is 4.98 Å². The van der Waals surface area contributed by atoms with Crippen molar-refractivity contribution in [3.63, 3.8) is 0 Å². The lowest BCUT2D eigenvalue weighted by atomic mass is 9.99. The minimum absolute atomic E-state index is 0.0581. The van der Waals surface area contributed by atoms with Crippen molar-refractivity contribution in [2.75, 3.05) is 0 Å². The zero-order valence-electron chi connectivity index (χ0n) is 5.56. The summed E-state index contributed by atoms with van der Waals surface area (Å²) in [7, 11) is 1.93. The highest BCUT2D eigenvalue weighted by molar-refractivity contribution is 6.29. The van der Waals surface area contributed by atoms with Crippen molar-refractivity contribution in [3.05, 3.63) is 28.8 Å². The smallest absolute Gasteiger partial charge is 0.164 e. The molecule has 0 unspecified atom stereocenters. The molecule has 1 aromatic heterocycles. The molecule has 0 aromatic carbocycles. The first-order chi connectivity index (χ1) is 4.74. The van der Waals surface area contributed by atoms with Crippen LogP contribution >= 0.6 is 11.6 Å². The number of hydrogen-bond acceptors (Lipinski definition) is 1. The topological polar surface area (TPSA) is 12.9 Å². The summed E-state index contributed by atoms with van der Waals surface area (Å²) in [5.41, 5.74) is 0.863. The monoisotopic (exact) mass is 157 g/mol. The van der Waals surface area contributed by atoms with Crippen LogP contribution in [0.3, 0.4) is 0 Å². The number of pyridine rings is 1. The van der Waals surface area contributed by atoms with Crippen LogP contribution in [-0.2, 0) is 6.32 Å². The van der Waals surface area contributed by atoms with Crippen LogP contribution in [0.1, 0.15) is 5.56 Å². The summed E-state index contributed by atoms with van der Waals surface area (Å²) in [6, 6.07) is 1.40. The highest BCUT2D eigenvalue weighted by atomic mass is 35.5. The zero-order valence-corrected chi connectivity index (χ0v) is 6.32. The molecule has 0 radical (unpaired) electrons. The maximum atomic E-state index is 12.6. The highest BCUT2D eigenvalue weighted by Crippen LogP contribution is 2.11. The second-order valence-electron chi connectivity index (χ2n) is 1.97. The Morgan fingerprint density at radius 2 is 2.40 bits per heavy atom. The summed E-state index contributed by atoms with van der Waals surface area (Å²) >= 11 is 5.35. The Balaban J connectivity index is 3.04. The van der Waals surface area contributed by atoms with Gasteiger partial charge in [-0.15, -0.1) is 0 Å². The van der Waals surface area contributed by atoms with Crippen molar-refractivity contribution in [1.82, 2.24) is 4.98 Å². The molecule has 4 heteroatoms. The largest absolute Gasteiger partial charge is 0.241 e. The van der Waals surface area contributed by atoms with Crippen molar-refractivity contribution < 1.29 is 4.39 Å². The van der Waals surface area contributed by atoms with Crippen LogP contribution in [0.4, 0.5) is 4.39 Å². The lowest BCUT2D eigenvalue weighted by Crippen LogP contribution is -1.88. The van der Waals surface area contributed by atoms with E-state index in [1.54, 1.807) is 6.20 Å². The molecule has 1 rings (SSSR count). The summed E-state index contributed by atoms with van der Waals surface area (Å²) in [5, 5.41) is -0.0581. The molecule has 1 nitrogen and oxygen atoms in total. The molecule has 1 aromatic rings. The fraction of sp³-hybridized carbons (Fsp3) is 0.167. The molecule has 0 spiro atoms. The van der Waals surface area contributed by atoms with Crippen molar-refractivity contribution in [1.29, 1.82) is 0 Å². The van der Waals surface area contributed by atoms with Crippen LogP contribution in [-0.4, -0.2) is 12.8 Å². The van der Waals surface area contributed by atoms with Crippen LogP contribution < -0.4 is 0 Å². The molecule has 0 N–H and O–H groups in total. The predicted molar refractivity (Wildman–Crippen MR) is 41.5 cm³/mol. The van der Waals surface area contributed by atoms with Gasteiger partial charge in [0.05, 0.1) is 0 Å². The number of rotatable bonds is 1. The van der Waals surface area contributed by atoms with Gasteiger partial charge in [-0.2, -0.15) is 0 Å². The lowest BCUT2D eigenvalue weighted by molar-refractivity contribution is 0.620. The molecule has 0 amide bonds. The average molecular weight is 157 g/mol. The highest BCUT2D eigenvalue weighted by Gasteiger charge is 1.99. The summed E-state index contributed by atoms with van der Waals surface area (Å²) in [6.07, 6.45) is 2.35. The van der Waals surface area contributed by atoms with Gasteiger partial charge in [-0.25, -0.2) is 9.37 Å². The second-order valence-corrected chi connectivity index (χ2v) is 2.33. The van der Waals surface area contributed by atoms with Gasteiger partial charge in [0.2, 0.25) is 0 Å². The van der Waals surface area contributed by atoms with Gasteiger partial charge in [0.25, 0.3) is 0 Å². The number of hydrogen-bond donors (Lipinski definition) is 0. The van der Waals surface area contributed by atoms with Crippen molar-refractivity contribution >= 4 is 19.4 Å². The van der Waals surface area contributed by atoms with E-state index in [-0.39, 0.29) is 5.15 Å². The summed E-state index contributed by atoms with van der Waals surface area (Å²) in [5.74, 6) is -0.444. The Labute approximate surface area is 64.6 Å². The average Bonchev–Trinajstić information content (AvgIpc) is 1.95. The fourth-order valence-electron chi connectivity index (χ4n) is 0.654. The first kappa shape index (κ1) is 7.54. The standard InChI is InChI=1S/C6H6BClFN/c7-2-4-1-5(9)6(8)10-3-4/h1,3H,2,7H2. The Bertz CT molecular complexity index is 241. The van der Waals surface area contributed by atoms with E-state index in [4.69, 9.17) is 11.6 Å². The molecule has 0 saturated carbocycles. The fourth-order valence-corrected chi connectivity index (χ4v) is 0.758.